The Hall–Kier alpha value is -3.10. The molecule has 1 N–H and O–H groups in total. The van der Waals surface area contributed by atoms with E-state index in [4.69, 9.17) is 23.2 Å². The molecule has 0 bridgehead atoms. The van der Waals surface area contributed by atoms with Crippen LogP contribution in [0.25, 0.3) is 0 Å². The number of hydrogen-bond donors (Lipinski definition) is 1. The summed E-state index contributed by atoms with van der Waals surface area (Å²) in [6.45, 7) is 9.14. The number of nitrogens with one attached hydrogen (secondary N) is 1. The van der Waals surface area contributed by atoms with Crippen LogP contribution in [-0.2, 0) is 6.18 Å². The monoisotopic (exact) mass is 533 g/mol. The molecule has 2 aliphatic heterocycles. The fourth-order valence-electron chi connectivity index (χ4n) is 4.84. The van der Waals surface area contributed by atoms with E-state index in [1.807, 2.05) is 29.8 Å². The van der Waals surface area contributed by atoms with Crippen molar-refractivity contribution in [2.75, 3.05) is 36.4 Å². The molecular weight excluding hydrogens is 510 g/mol. The lowest BCUT2D eigenvalue weighted by Gasteiger charge is -2.41. The van der Waals surface area contributed by atoms with E-state index in [1.165, 1.54) is 12.1 Å². The highest BCUT2D eigenvalue weighted by Crippen LogP contribution is 2.41. The molecule has 0 aliphatic carbocycles. The molecule has 5 nitrogen and oxygen atoms in total. The highest BCUT2D eigenvalue weighted by molar-refractivity contribution is 6.42. The summed E-state index contributed by atoms with van der Waals surface area (Å²) in [5.74, 6) is 0.868. The molecular formula is C26H24Cl2F3N5. The highest BCUT2D eigenvalue weighted by Gasteiger charge is 2.33. The Kier molecular flexibility index (Phi) is 6.43. The molecule has 1 aromatic heterocycles. The number of piperazine rings is 1. The van der Waals surface area contributed by atoms with Gasteiger partial charge in [0.15, 0.2) is 0 Å². The lowest BCUT2D eigenvalue weighted by molar-refractivity contribution is -0.137. The van der Waals surface area contributed by atoms with Gasteiger partial charge in [-0.25, -0.2) is 4.68 Å². The summed E-state index contributed by atoms with van der Waals surface area (Å²) in [7, 11) is 0. The van der Waals surface area contributed by atoms with E-state index in [0.29, 0.717) is 36.2 Å². The molecule has 0 radical (unpaired) electrons. The Bertz CT molecular complexity index is 1320. The summed E-state index contributed by atoms with van der Waals surface area (Å²) in [5, 5.41) is 8.92. The van der Waals surface area contributed by atoms with Crippen LogP contribution in [0.2, 0.25) is 10.0 Å². The highest BCUT2D eigenvalue weighted by atomic mass is 35.5. The van der Waals surface area contributed by atoms with Gasteiger partial charge in [0.05, 0.1) is 21.8 Å². The summed E-state index contributed by atoms with van der Waals surface area (Å²) in [5.41, 5.74) is 3.90. The predicted octanol–water partition coefficient (Wildman–Crippen LogP) is 6.83. The van der Waals surface area contributed by atoms with Gasteiger partial charge in [-0.05, 0) is 48.9 Å². The normalized spacial score (nSPS) is 18.2. The van der Waals surface area contributed by atoms with Crippen LogP contribution >= 0.6 is 23.2 Å². The molecule has 188 valence electrons. The van der Waals surface area contributed by atoms with E-state index in [2.05, 4.69) is 26.8 Å². The maximum atomic E-state index is 12.9. The number of anilines is 2. The van der Waals surface area contributed by atoms with Gasteiger partial charge in [-0.15, -0.1) is 0 Å². The number of benzene rings is 2. The standard InChI is InChI=1S/C26H24Cl2F3N5/c1-16-24(25(36-23(33-16)9-10-32-36)18-3-8-21(27)22(28)15-18)17(2)34-11-13-35(14-12-34)20-6-4-19(5-7-20)26(29,30)31/h3-10,15,25,33H,2,11-14H2,1H3. The first-order chi connectivity index (χ1) is 17.1. The van der Waals surface area contributed by atoms with Gasteiger partial charge < -0.3 is 15.1 Å². The van der Waals surface area contributed by atoms with Gasteiger partial charge in [0.25, 0.3) is 0 Å². The smallest absolute Gasteiger partial charge is 0.368 e. The molecule has 2 aromatic carbocycles. The minimum Gasteiger partial charge on any atom is -0.368 e. The molecule has 3 heterocycles. The van der Waals surface area contributed by atoms with E-state index >= 15 is 0 Å². The summed E-state index contributed by atoms with van der Waals surface area (Å²) in [6, 6.07) is 12.6. The first kappa shape index (κ1) is 24.6. The third kappa shape index (κ3) is 4.55. The summed E-state index contributed by atoms with van der Waals surface area (Å²) in [6.07, 6.45) is -2.59. The minimum absolute atomic E-state index is 0.244. The van der Waals surface area contributed by atoms with Crippen molar-refractivity contribution in [2.45, 2.75) is 19.1 Å². The number of aromatic nitrogens is 2. The van der Waals surface area contributed by atoms with Crippen LogP contribution in [0, 0.1) is 0 Å². The summed E-state index contributed by atoms with van der Waals surface area (Å²) >= 11 is 12.5. The van der Waals surface area contributed by atoms with Crippen molar-refractivity contribution in [3.8, 4) is 0 Å². The number of hydrogen-bond acceptors (Lipinski definition) is 4. The average Bonchev–Trinajstić information content (AvgIpc) is 3.32. The number of alkyl halides is 3. The SMILES string of the molecule is C=C(C1=C(C)Nc2ccnn2C1c1ccc(Cl)c(Cl)c1)N1CCN(c2ccc(C(F)(F)F)cc2)CC1. The molecule has 1 unspecified atom stereocenters. The Balaban J connectivity index is 1.37. The number of nitrogens with zero attached hydrogens (tertiary/aromatic N) is 4. The first-order valence-corrected chi connectivity index (χ1v) is 12.2. The molecule has 3 aromatic rings. The Labute approximate surface area is 217 Å². The van der Waals surface area contributed by atoms with Gasteiger partial charge in [0.1, 0.15) is 11.9 Å². The van der Waals surface area contributed by atoms with Crippen LogP contribution in [0.1, 0.15) is 24.1 Å². The molecule has 0 saturated carbocycles. The van der Waals surface area contributed by atoms with Gasteiger partial charge in [-0.2, -0.15) is 18.3 Å². The van der Waals surface area contributed by atoms with Crippen LogP contribution in [-0.4, -0.2) is 40.9 Å². The number of rotatable bonds is 4. The molecule has 1 saturated heterocycles. The largest absolute Gasteiger partial charge is 0.416 e. The maximum absolute atomic E-state index is 12.9. The first-order valence-electron chi connectivity index (χ1n) is 11.5. The average molecular weight is 534 g/mol. The van der Waals surface area contributed by atoms with Crippen molar-refractivity contribution in [2.24, 2.45) is 0 Å². The van der Waals surface area contributed by atoms with Crippen molar-refractivity contribution in [1.29, 1.82) is 0 Å². The second kappa shape index (κ2) is 9.41. The van der Waals surface area contributed by atoms with Gasteiger partial charge >= 0.3 is 6.18 Å². The van der Waals surface area contributed by atoms with Crippen LogP contribution in [0.3, 0.4) is 0 Å². The number of allylic oxidation sites excluding steroid dienone is 2. The lowest BCUT2D eigenvalue weighted by Crippen LogP contribution is -2.46. The number of halogens is 5. The van der Waals surface area contributed by atoms with Crippen LogP contribution in [0.15, 0.2) is 78.3 Å². The summed E-state index contributed by atoms with van der Waals surface area (Å²) in [4.78, 5) is 4.30. The Morgan fingerprint density at radius 1 is 1.00 bits per heavy atom. The van der Waals surface area contributed by atoms with Crippen molar-refractivity contribution in [3.05, 3.63) is 99.4 Å². The Morgan fingerprint density at radius 2 is 1.69 bits per heavy atom. The molecule has 10 heteroatoms. The topological polar surface area (TPSA) is 36.3 Å². The molecule has 5 rings (SSSR count). The van der Waals surface area contributed by atoms with Gasteiger partial charge in [0.2, 0.25) is 0 Å². The number of fused-ring (bicyclic) bond motifs is 1. The summed E-state index contributed by atoms with van der Waals surface area (Å²) < 4.78 is 40.7. The van der Waals surface area contributed by atoms with E-state index in [0.717, 1.165) is 46.2 Å². The zero-order chi connectivity index (χ0) is 25.6. The van der Waals surface area contributed by atoms with E-state index in [9.17, 15) is 13.2 Å². The molecule has 1 atom stereocenters. The van der Waals surface area contributed by atoms with Crippen LogP contribution in [0.5, 0.6) is 0 Å². The predicted molar refractivity (Wildman–Crippen MR) is 138 cm³/mol. The zero-order valence-corrected chi connectivity index (χ0v) is 21.0. The minimum atomic E-state index is -4.34. The molecule has 36 heavy (non-hydrogen) atoms. The molecule has 0 amide bonds. The quantitative estimate of drug-likeness (QED) is 0.398. The van der Waals surface area contributed by atoms with Crippen molar-refractivity contribution < 1.29 is 13.2 Å². The van der Waals surface area contributed by atoms with E-state index in [1.54, 1.807) is 12.3 Å². The second-order valence-corrected chi connectivity index (χ2v) is 9.68. The zero-order valence-electron chi connectivity index (χ0n) is 19.5. The second-order valence-electron chi connectivity index (χ2n) is 8.87. The Morgan fingerprint density at radius 3 is 2.33 bits per heavy atom. The maximum Gasteiger partial charge on any atom is 0.416 e. The van der Waals surface area contributed by atoms with Crippen molar-refractivity contribution in [3.63, 3.8) is 0 Å². The third-order valence-corrected chi connectivity index (χ3v) is 7.44. The lowest BCUT2D eigenvalue weighted by atomic mass is 9.92. The van der Waals surface area contributed by atoms with Gasteiger partial charge in [0, 0.05) is 54.9 Å². The third-order valence-electron chi connectivity index (χ3n) is 6.70. The fraction of sp³-hybridized carbons (Fsp3) is 0.269. The van der Waals surface area contributed by atoms with Crippen molar-refractivity contribution in [1.82, 2.24) is 14.7 Å². The molecule has 2 aliphatic rings. The van der Waals surface area contributed by atoms with Gasteiger partial charge in [-0.3, -0.25) is 0 Å². The van der Waals surface area contributed by atoms with E-state index in [-0.39, 0.29) is 6.04 Å². The van der Waals surface area contributed by atoms with E-state index < -0.39 is 11.7 Å². The molecule has 1 fully saturated rings. The fourth-order valence-corrected chi connectivity index (χ4v) is 5.14. The van der Waals surface area contributed by atoms with Crippen LogP contribution in [0.4, 0.5) is 24.7 Å². The van der Waals surface area contributed by atoms with Crippen molar-refractivity contribution >= 4 is 34.7 Å². The molecule has 0 spiro atoms. The van der Waals surface area contributed by atoms with Gasteiger partial charge in [-0.1, -0.05) is 35.8 Å². The van der Waals surface area contributed by atoms with Crippen LogP contribution < -0.4 is 10.2 Å².